The molecule has 1 saturated heterocycles. The topological polar surface area (TPSA) is 66.9 Å². The molecule has 1 aromatic carbocycles. The number of nitrogens with one attached hydrogen (secondary N) is 1. The standard InChI is InChI=1S/C20H26N4O3/c1-15(20(25)22-16-7-8-17(26-2)18(14-16)27-3)23-10-12-24(13-11-23)19-6-4-5-9-21-19/h4-9,14-15H,10-13H2,1-3H3,(H,22,25)/t15-/m1/s1. The molecule has 0 saturated carbocycles. The number of pyridine rings is 1. The average molecular weight is 370 g/mol. The summed E-state index contributed by atoms with van der Waals surface area (Å²) in [6, 6.07) is 11.1. The minimum atomic E-state index is -0.219. The molecule has 0 bridgehead atoms. The summed E-state index contributed by atoms with van der Waals surface area (Å²) in [4.78, 5) is 21.5. The Balaban J connectivity index is 1.57. The van der Waals surface area contributed by atoms with E-state index in [0.717, 1.165) is 32.0 Å². The first-order valence-electron chi connectivity index (χ1n) is 9.05. The number of hydrogen-bond donors (Lipinski definition) is 1. The Morgan fingerprint density at radius 3 is 2.44 bits per heavy atom. The summed E-state index contributed by atoms with van der Waals surface area (Å²) in [6.07, 6.45) is 1.81. The van der Waals surface area contributed by atoms with E-state index in [4.69, 9.17) is 9.47 Å². The highest BCUT2D eigenvalue weighted by atomic mass is 16.5. The molecule has 0 unspecified atom stereocenters. The van der Waals surface area contributed by atoms with Gasteiger partial charge in [0.2, 0.25) is 5.91 Å². The molecule has 1 aromatic heterocycles. The molecule has 1 fully saturated rings. The predicted octanol–water partition coefficient (Wildman–Crippen LogP) is 2.25. The maximum atomic E-state index is 12.7. The normalized spacial score (nSPS) is 15.9. The van der Waals surface area contributed by atoms with Crippen LogP contribution in [0.3, 0.4) is 0 Å². The highest BCUT2D eigenvalue weighted by Gasteiger charge is 2.26. The fourth-order valence-electron chi connectivity index (χ4n) is 3.21. The van der Waals surface area contributed by atoms with Crippen molar-refractivity contribution in [2.45, 2.75) is 13.0 Å². The number of rotatable bonds is 6. The van der Waals surface area contributed by atoms with Crippen LogP contribution in [-0.2, 0) is 4.79 Å². The summed E-state index contributed by atoms with van der Waals surface area (Å²) in [5.41, 5.74) is 0.691. The molecule has 2 heterocycles. The van der Waals surface area contributed by atoms with Crippen LogP contribution in [0.2, 0.25) is 0 Å². The Morgan fingerprint density at radius 1 is 1.07 bits per heavy atom. The first kappa shape index (κ1) is 19.0. The summed E-state index contributed by atoms with van der Waals surface area (Å²) < 4.78 is 10.5. The average Bonchev–Trinajstić information content (AvgIpc) is 2.73. The van der Waals surface area contributed by atoms with Gasteiger partial charge in [0.05, 0.1) is 20.3 Å². The lowest BCUT2D eigenvalue weighted by atomic mass is 10.2. The first-order valence-corrected chi connectivity index (χ1v) is 9.05. The van der Waals surface area contributed by atoms with Crippen molar-refractivity contribution in [2.24, 2.45) is 0 Å². The van der Waals surface area contributed by atoms with Gasteiger partial charge in [-0.2, -0.15) is 0 Å². The lowest BCUT2D eigenvalue weighted by Gasteiger charge is -2.37. The number of anilines is 2. The van der Waals surface area contributed by atoms with Crippen molar-refractivity contribution in [3.63, 3.8) is 0 Å². The number of ether oxygens (including phenoxy) is 2. The summed E-state index contributed by atoms with van der Waals surface area (Å²) in [5.74, 6) is 2.18. The van der Waals surface area contributed by atoms with E-state index in [-0.39, 0.29) is 11.9 Å². The molecule has 0 radical (unpaired) electrons. The van der Waals surface area contributed by atoms with Crippen LogP contribution in [0.5, 0.6) is 11.5 Å². The molecule has 27 heavy (non-hydrogen) atoms. The zero-order valence-corrected chi connectivity index (χ0v) is 16.0. The van der Waals surface area contributed by atoms with Gasteiger partial charge < -0.3 is 19.7 Å². The van der Waals surface area contributed by atoms with Crippen LogP contribution in [0, 0.1) is 0 Å². The summed E-state index contributed by atoms with van der Waals surface area (Å²) in [7, 11) is 3.16. The fraction of sp³-hybridized carbons (Fsp3) is 0.400. The molecule has 1 aliphatic heterocycles. The maximum Gasteiger partial charge on any atom is 0.241 e. The van der Waals surface area contributed by atoms with Gasteiger partial charge in [-0.25, -0.2) is 4.98 Å². The van der Waals surface area contributed by atoms with Crippen LogP contribution in [0.15, 0.2) is 42.6 Å². The van der Waals surface area contributed by atoms with Gasteiger partial charge in [-0.05, 0) is 31.2 Å². The SMILES string of the molecule is COc1ccc(NC(=O)[C@@H](C)N2CCN(c3ccccn3)CC2)cc1OC. The van der Waals surface area contributed by atoms with Crippen LogP contribution in [0.25, 0.3) is 0 Å². The Bertz CT molecular complexity index is 761. The first-order chi connectivity index (χ1) is 13.1. The molecule has 2 aromatic rings. The molecule has 7 nitrogen and oxygen atoms in total. The monoisotopic (exact) mass is 370 g/mol. The van der Waals surface area contributed by atoms with Crippen LogP contribution < -0.4 is 19.7 Å². The van der Waals surface area contributed by atoms with E-state index >= 15 is 0 Å². The number of nitrogens with zero attached hydrogens (tertiary/aromatic N) is 3. The van der Waals surface area contributed by atoms with Crippen LogP contribution in [0.1, 0.15) is 6.92 Å². The molecule has 1 amide bonds. The number of hydrogen-bond acceptors (Lipinski definition) is 6. The zero-order chi connectivity index (χ0) is 19.2. The van der Waals surface area contributed by atoms with Crippen molar-refractivity contribution < 1.29 is 14.3 Å². The summed E-state index contributed by atoms with van der Waals surface area (Å²) >= 11 is 0. The van der Waals surface area contributed by atoms with Crippen molar-refractivity contribution in [3.8, 4) is 11.5 Å². The Morgan fingerprint density at radius 2 is 1.81 bits per heavy atom. The van der Waals surface area contributed by atoms with Crippen LogP contribution >= 0.6 is 0 Å². The number of carbonyl (C=O) groups excluding carboxylic acids is 1. The van der Waals surface area contributed by atoms with E-state index in [9.17, 15) is 4.79 Å². The van der Waals surface area contributed by atoms with Crippen molar-refractivity contribution in [3.05, 3.63) is 42.6 Å². The lowest BCUT2D eigenvalue weighted by Crippen LogP contribution is -2.53. The van der Waals surface area contributed by atoms with E-state index in [0.29, 0.717) is 17.2 Å². The van der Waals surface area contributed by atoms with Gasteiger partial charge in [-0.1, -0.05) is 6.07 Å². The minimum Gasteiger partial charge on any atom is -0.493 e. The van der Waals surface area contributed by atoms with Crippen molar-refractivity contribution in [1.82, 2.24) is 9.88 Å². The largest absolute Gasteiger partial charge is 0.493 e. The van der Waals surface area contributed by atoms with Gasteiger partial charge in [0, 0.05) is 44.1 Å². The van der Waals surface area contributed by atoms with Gasteiger partial charge in [0.15, 0.2) is 11.5 Å². The number of aromatic nitrogens is 1. The van der Waals surface area contributed by atoms with E-state index in [1.165, 1.54) is 0 Å². The Kier molecular flexibility index (Phi) is 6.13. The van der Waals surface area contributed by atoms with Gasteiger partial charge in [0.1, 0.15) is 5.82 Å². The quantitative estimate of drug-likeness (QED) is 0.841. The maximum absolute atomic E-state index is 12.7. The van der Waals surface area contributed by atoms with Crippen molar-refractivity contribution in [1.29, 1.82) is 0 Å². The fourth-order valence-corrected chi connectivity index (χ4v) is 3.21. The molecule has 1 aliphatic rings. The molecule has 1 N–H and O–H groups in total. The molecular formula is C20H26N4O3. The second kappa shape index (κ2) is 8.73. The number of benzene rings is 1. The molecule has 1 atom stereocenters. The lowest BCUT2D eigenvalue weighted by molar-refractivity contribution is -0.120. The third kappa shape index (κ3) is 4.49. The Labute approximate surface area is 159 Å². The minimum absolute atomic E-state index is 0.0338. The molecule has 3 rings (SSSR count). The van der Waals surface area contributed by atoms with Crippen molar-refractivity contribution >= 4 is 17.4 Å². The smallest absolute Gasteiger partial charge is 0.241 e. The second-order valence-corrected chi connectivity index (χ2v) is 6.45. The summed E-state index contributed by atoms with van der Waals surface area (Å²) in [6.45, 7) is 5.27. The highest BCUT2D eigenvalue weighted by molar-refractivity contribution is 5.94. The van der Waals surface area contributed by atoms with Gasteiger partial charge >= 0.3 is 0 Å². The summed E-state index contributed by atoms with van der Waals surface area (Å²) in [5, 5.41) is 2.97. The zero-order valence-electron chi connectivity index (χ0n) is 16.0. The molecular weight excluding hydrogens is 344 g/mol. The predicted molar refractivity (Wildman–Crippen MR) is 106 cm³/mol. The third-order valence-corrected chi connectivity index (χ3v) is 4.87. The third-order valence-electron chi connectivity index (χ3n) is 4.87. The number of methoxy groups -OCH3 is 2. The van der Waals surface area contributed by atoms with Gasteiger partial charge in [0.25, 0.3) is 0 Å². The Hall–Kier alpha value is -2.80. The van der Waals surface area contributed by atoms with E-state index in [1.807, 2.05) is 31.2 Å². The molecule has 0 aliphatic carbocycles. The van der Waals surface area contributed by atoms with Crippen LogP contribution in [-0.4, -0.2) is 62.2 Å². The number of amides is 1. The molecule has 0 spiro atoms. The number of piperazine rings is 1. The highest BCUT2D eigenvalue weighted by Crippen LogP contribution is 2.29. The van der Waals surface area contributed by atoms with E-state index in [1.54, 1.807) is 32.5 Å². The van der Waals surface area contributed by atoms with Crippen molar-refractivity contribution in [2.75, 3.05) is 50.6 Å². The molecule has 144 valence electrons. The van der Waals surface area contributed by atoms with Gasteiger partial charge in [-0.3, -0.25) is 9.69 Å². The second-order valence-electron chi connectivity index (χ2n) is 6.45. The molecule has 7 heteroatoms. The number of carbonyl (C=O) groups is 1. The van der Waals surface area contributed by atoms with Crippen LogP contribution in [0.4, 0.5) is 11.5 Å². The van der Waals surface area contributed by atoms with E-state index in [2.05, 4.69) is 20.1 Å². The van der Waals surface area contributed by atoms with Gasteiger partial charge in [-0.15, -0.1) is 0 Å². The van der Waals surface area contributed by atoms with E-state index < -0.39 is 0 Å².